The zero-order valence-corrected chi connectivity index (χ0v) is 12.2. The van der Waals surface area contributed by atoms with Crippen LogP contribution >= 0.6 is 23.2 Å². The molecule has 3 heteroatoms. The molecule has 0 aromatic heterocycles. The van der Waals surface area contributed by atoms with Crippen LogP contribution in [0.5, 0.6) is 0 Å². The number of hydrogen-bond acceptors (Lipinski definition) is 1. The predicted octanol–water partition coefficient (Wildman–Crippen LogP) is 4.70. The third-order valence-electron chi connectivity index (χ3n) is 3.35. The fourth-order valence-corrected chi connectivity index (χ4v) is 2.55. The molecule has 0 spiro atoms. The molecule has 19 heavy (non-hydrogen) atoms. The fraction of sp³-hybridized carbons (Fsp3) is 0.250. The monoisotopic (exact) mass is 294 g/mol. The molecule has 0 saturated heterocycles. The molecular weight excluding hydrogens is 279 g/mol. The highest BCUT2D eigenvalue weighted by atomic mass is 35.5. The summed E-state index contributed by atoms with van der Waals surface area (Å²) in [5.41, 5.74) is 2.04. The molecule has 0 heterocycles. The van der Waals surface area contributed by atoms with Crippen molar-refractivity contribution in [2.75, 3.05) is 0 Å². The van der Waals surface area contributed by atoms with Gasteiger partial charge in [-0.15, -0.1) is 0 Å². The molecule has 0 aliphatic heterocycles. The molecule has 1 nitrogen and oxygen atoms in total. The first-order valence-corrected chi connectivity index (χ1v) is 7.00. The summed E-state index contributed by atoms with van der Waals surface area (Å²) >= 11 is 12.0. The van der Waals surface area contributed by atoms with E-state index in [0.717, 1.165) is 11.1 Å². The molecule has 0 aliphatic carbocycles. The highest BCUT2D eigenvalue weighted by Gasteiger charge is 2.17. The highest BCUT2D eigenvalue weighted by molar-refractivity contribution is 6.35. The van der Waals surface area contributed by atoms with Gasteiger partial charge in [0.05, 0.1) is 6.10 Å². The van der Waals surface area contributed by atoms with Crippen LogP contribution in [-0.2, 0) is 6.42 Å². The molecule has 2 rings (SSSR count). The van der Waals surface area contributed by atoms with Gasteiger partial charge in [0.25, 0.3) is 0 Å². The van der Waals surface area contributed by atoms with E-state index in [4.69, 9.17) is 23.2 Å². The van der Waals surface area contributed by atoms with Gasteiger partial charge in [0.1, 0.15) is 0 Å². The molecule has 100 valence electrons. The lowest BCUT2D eigenvalue weighted by Gasteiger charge is -2.20. The van der Waals surface area contributed by atoms with Gasteiger partial charge < -0.3 is 5.11 Å². The number of halogens is 2. The lowest BCUT2D eigenvalue weighted by molar-refractivity contribution is 0.149. The molecule has 1 N–H and O–H groups in total. The van der Waals surface area contributed by atoms with E-state index < -0.39 is 6.10 Å². The van der Waals surface area contributed by atoms with E-state index in [9.17, 15) is 5.11 Å². The molecule has 2 atom stereocenters. The average Bonchev–Trinajstić information content (AvgIpc) is 2.42. The van der Waals surface area contributed by atoms with E-state index in [1.165, 1.54) is 0 Å². The molecule has 0 saturated carbocycles. The van der Waals surface area contributed by atoms with Crippen molar-refractivity contribution >= 4 is 23.2 Å². The van der Waals surface area contributed by atoms with Crippen molar-refractivity contribution < 1.29 is 5.11 Å². The van der Waals surface area contributed by atoms with Crippen molar-refractivity contribution in [1.29, 1.82) is 0 Å². The predicted molar refractivity (Wildman–Crippen MR) is 81.0 cm³/mol. The Morgan fingerprint density at radius 2 is 1.74 bits per heavy atom. The Labute approximate surface area is 123 Å². The van der Waals surface area contributed by atoms with Gasteiger partial charge in [0, 0.05) is 22.4 Å². The maximum Gasteiger partial charge on any atom is 0.0646 e. The summed E-state index contributed by atoms with van der Waals surface area (Å²) in [5.74, 6) is 0.0629. The van der Waals surface area contributed by atoms with Crippen LogP contribution in [0, 0.1) is 0 Å². The third kappa shape index (κ3) is 3.73. The number of benzene rings is 2. The zero-order valence-electron chi connectivity index (χ0n) is 10.7. The van der Waals surface area contributed by atoms with E-state index in [1.807, 2.05) is 43.3 Å². The van der Waals surface area contributed by atoms with Crippen LogP contribution in [0.3, 0.4) is 0 Å². The summed E-state index contributed by atoms with van der Waals surface area (Å²) in [5, 5.41) is 11.5. The van der Waals surface area contributed by atoms with Crippen molar-refractivity contribution in [3.8, 4) is 0 Å². The summed E-state index contributed by atoms with van der Waals surface area (Å²) in [6, 6.07) is 15.3. The van der Waals surface area contributed by atoms with Crippen LogP contribution in [0.1, 0.15) is 24.0 Å². The number of aliphatic hydroxyl groups is 1. The third-order valence-corrected chi connectivity index (χ3v) is 3.93. The van der Waals surface area contributed by atoms with Gasteiger partial charge in [-0.2, -0.15) is 0 Å². The van der Waals surface area contributed by atoms with E-state index in [2.05, 4.69) is 0 Å². The first kappa shape index (κ1) is 14.4. The minimum Gasteiger partial charge on any atom is -0.392 e. The molecule has 0 radical (unpaired) electrons. The molecule has 2 aromatic carbocycles. The van der Waals surface area contributed by atoms with Gasteiger partial charge >= 0.3 is 0 Å². The Morgan fingerprint density at radius 1 is 1.05 bits per heavy atom. The average molecular weight is 295 g/mol. The van der Waals surface area contributed by atoms with Crippen LogP contribution < -0.4 is 0 Å². The summed E-state index contributed by atoms with van der Waals surface area (Å²) < 4.78 is 0. The highest BCUT2D eigenvalue weighted by Crippen LogP contribution is 2.26. The summed E-state index contributed by atoms with van der Waals surface area (Å²) in [4.78, 5) is 0. The number of hydrogen-bond donors (Lipinski definition) is 1. The maximum atomic E-state index is 10.3. The molecule has 0 aliphatic rings. The molecule has 0 bridgehead atoms. The van der Waals surface area contributed by atoms with Crippen LogP contribution in [0.2, 0.25) is 10.0 Å². The normalized spacial score (nSPS) is 14.1. The van der Waals surface area contributed by atoms with Crippen LogP contribution in [0.15, 0.2) is 48.5 Å². The standard InChI is InChI=1S/C16H16Cl2O/c1-11(12-5-3-2-4-6-12)16(19)9-13-7-8-14(17)10-15(13)18/h2-8,10-11,16,19H,9H2,1H3. The SMILES string of the molecule is CC(c1ccccc1)C(O)Cc1ccc(Cl)cc1Cl. The first-order chi connectivity index (χ1) is 9.08. The molecule has 2 aromatic rings. The van der Waals surface area contributed by atoms with Crippen LogP contribution in [-0.4, -0.2) is 11.2 Å². The number of rotatable bonds is 4. The van der Waals surface area contributed by atoms with Crippen molar-refractivity contribution in [3.63, 3.8) is 0 Å². The lowest BCUT2D eigenvalue weighted by atomic mass is 9.91. The summed E-state index contributed by atoms with van der Waals surface area (Å²) in [6.07, 6.45) is 0.0487. The Bertz CT molecular complexity index is 540. The minimum absolute atomic E-state index is 0.0629. The molecule has 0 fully saturated rings. The summed E-state index contributed by atoms with van der Waals surface area (Å²) in [6.45, 7) is 2.02. The quantitative estimate of drug-likeness (QED) is 0.866. The Kier molecular flexibility index (Phi) is 4.87. The maximum absolute atomic E-state index is 10.3. The van der Waals surface area contributed by atoms with Gasteiger partial charge in [0.2, 0.25) is 0 Å². The number of aliphatic hydroxyl groups excluding tert-OH is 1. The van der Waals surface area contributed by atoms with Crippen LogP contribution in [0.25, 0.3) is 0 Å². The second-order valence-corrected chi connectivity index (χ2v) is 5.55. The van der Waals surface area contributed by atoms with E-state index >= 15 is 0 Å². The van der Waals surface area contributed by atoms with Gasteiger partial charge in [0.15, 0.2) is 0 Å². The lowest BCUT2D eigenvalue weighted by Crippen LogP contribution is -2.18. The van der Waals surface area contributed by atoms with E-state index in [1.54, 1.807) is 12.1 Å². The zero-order chi connectivity index (χ0) is 13.8. The van der Waals surface area contributed by atoms with E-state index in [0.29, 0.717) is 16.5 Å². The second kappa shape index (κ2) is 6.42. The van der Waals surface area contributed by atoms with Gasteiger partial charge in [-0.05, 0) is 23.3 Å². The minimum atomic E-state index is -0.471. The first-order valence-electron chi connectivity index (χ1n) is 6.25. The van der Waals surface area contributed by atoms with E-state index in [-0.39, 0.29) is 5.92 Å². The van der Waals surface area contributed by atoms with Gasteiger partial charge in [-0.1, -0.05) is 66.5 Å². The smallest absolute Gasteiger partial charge is 0.0646 e. The molecule has 2 unspecified atom stereocenters. The fourth-order valence-electron chi connectivity index (χ4n) is 2.07. The van der Waals surface area contributed by atoms with Crippen molar-refractivity contribution in [3.05, 3.63) is 69.7 Å². The Hall–Kier alpha value is -1.02. The van der Waals surface area contributed by atoms with Crippen LogP contribution in [0.4, 0.5) is 0 Å². The topological polar surface area (TPSA) is 20.2 Å². The van der Waals surface area contributed by atoms with Crippen molar-refractivity contribution in [1.82, 2.24) is 0 Å². The van der Waals surface area contributed by atoms with Crippen molar-refractivity contribution in [2.24, 2.45) is 0 Å². The molecular formula is C16H16Cl2O. The summed E-state index contributed by atoms with van der Waals surface area (Å²) in [7, 11) is 0. The molecule has 0 amide bonds. The van der Waals surface area contributed by atoms with Crippen molar-refractivity contribution in [2.45, 2.75) is 25.4 Å². The van der Waals surface area contributed by atoms with Gasteiger partial charge in [-0.25, -0.2) is 0 Å². The Balaban J connectivity index is 2.10. The largest absolute Gasteiger partial charge is 0.392 e. The second-order valence-electron chi connectivity index (χ2n) is 4.71. The Morgan fingerprint density at radius 3 is 2.37 bits per heavy atom. The van der Waals surface area contributed by atoms with Gasteiger partial charge in [-0.3, -0.25) is 0 Å².